The van der Waals surface area contributed by atoms with Gasteiger partial charge in [0.2, 0.25) is 0 Å². The minimum atomic E-state index is -1.05. The summed E-state index contributed by atoms with van der Waals surface area (Å²) in [5.74, 6) is 2.34. The third kappa shape index (κ3) is 4.41. The number of methoxy groups -OCH3 is 1. The van der Waals surface area contributed by atoms with Gasteiger partial charge in [0, 0.05) is 12.3 Å². The minimum Gasteiger partial charge on any atom is -0.504 e. The molecule has 6 heteroatoms. The third-order valence-electron chi connectivity index (χ3n) is 9.88. The van der Waals surface area contributed by atoms with Crippen LogP contribution >= 0.6 is 0 Å². The van der Waals surface area contributed by atoms with Gasteiger partial charge >= 0.3 is 5.97 Å². The third-order valence-corrected chi connectivity index (χ3v) is 9.88. The number of fused-ring (bicyclic) bond motifs is 5. The summed E-state index contributed by atoms with van der Waals surface area (Å²) in [6, 6.07) is 3.85. The lowest BCUT2D eigenvalue weighted by molar-refractivity contribution is -0.128. The molecule has 0 aliphatic heterocycles. The zero-order valence-corrected chi connectivity index (χ0v) is 21.3. The number of allylic oxidation sites excluding steroid dienone is 1. The SMILES string of the molecule is CC(=O)[C@H]1CC[C@H]2[C@@H]3CCC4=CC(=O)CC[C@]4(C)[C@H]3CC[C@]12C.COc1cc(C(=O)O)ccc1O. The number of carboxylic acids is 1. The maximum Gasteiger partial charge on any atom is 0.335 e. The van der Waals surface area contributed by atoms with Crippen LogP contribution in [-0.4, -0.2) is 34.9 Å². The average Bonchev–Trinajstić information content (AvgIpc) is 3.17. The molecule has 6 atom stereocenters. The molecule has 6 nitrogen and oxygen atoms in total. The summed E-state index contributed by atoms with van der Waals surface area (Å²) in [7, 11) is 1.36. The number of rotatable bonds is 3. The summed E-state index contributed by atoms with van der Waals surface area (Å²) in [5.41, 5.74) is 2.03. The Balaban J connectivity index is 0.000000204. The number of hydrogen-bond acceptors (Lipinski definition) is 5. The highest BCUT2D eigenvalue weighted by atomic mass is 16.5. The molecule has 4 aliphatic carbocycles. The molecular formula is C29H38O6. The van der Waals surface area contributed by atoms with Gasteiger partial charge in [-0.15, -0.1) is 0 Å². The van der Waals surface area contributed by atoms with Crippen molar-refractivity contribution < 1.29 is 29.3 Å². The van der Waals surface area contributed by atoms with Crippen LogP contribution in [0.3, 0.4) is 0 Å². The molecule has 35 heavy (non-hydrogen) atoms. The zero-order chi connectivity index (χ0) is 25.5. The van der Waals surface area contributed by atoms with Crippen LogP contribution in [0, 0.1) is 34.5 Å². The monoisotopic (exact) mass is 482 g/mol. The van der Waals surface area contributed by atoms with E-state index in [4.69, 9.17) is 14.9 Å². The standard InChI is InChI=1S/C21H30O2.C8H8O4/c1-13(22)17-6-7-18-16-5-4-14-12-15(23)8-10-20(14,2)19(16)9-11-21(17,18)3;1-12-7-4-5(8(10)11)2-3-6(7)9/h12,16-19H,4-11H2,1-3H3;2-4,9H,1H3,(H,10,11)/t16-,17+,18-,19-,20-,21+;/m0./s1. The van der Waals surface area contributed by atoms with E-state index in [-0.39, 0.29) is 27.9 Å². The van der Waals surface area contributed by atoms with Gasteiger partial charge in [0.15, 0.2) is 17.3 Å². The maximum absolute atomic E-state index is 12.1. The molecule has 0 aromatic heterocycles. The van der Waals surface area contributed by atoms with E-state index in [1.54, 1.807) is 6.92 Å². The number of ether oxygens (including phenoxy) is 1. The van der Waals surface area contributed by atoms with Crippen molar-refractivity contribution in [3.63, 3.8) is 0 Å². The molecule has 2 N–H and O–H groups in total. The van der Waals surface area contributed by atoms with Crippen LogP contribution in [0.1, 0.15) is 82.5 Å². The largest absolute Gasteiger partial charge is 0.504 e. The smallest absolute Gasteiger partial charge is 0.335 e. The van der Waals surface area contributed by atoms with Gasteiger partial charge in [-0.05, 0) is 105 Å². The Kier molecular flexibility index (Phi) is 6.87. The quantitative estimate of drug-likeness (QED) is 0.563. The Labute approximate surface area is 207 Å². The first-order valence-electron chi connectivity index (χ1n) is 12.9. The minimum absolute atomic E-state index is 0.0671. The van der Waals surface area contributed by atoms with Crippen LogP contribution in [0.4, 0.5) is 0 Å². The molecule has 0 radical (unpaired) electrons. The molecular weight excluding hydrogens is 444 g/mol. The Bertz CT molecular complexity index is 1060. The Morgan fingerprint density at radius 1 is 1.03 bits per heavy atom. The van der Waals surface area contributed by atoms with E-state index in [0.29, 0.717) is 17.5 Å². The Morgan fingerprint density at radius 2 is 1.77 bits per heavy atom. The van der Waals surface area contributed by atoms with Crippen molar-refractivity contribution in [2.75, 3.05) is 7.11 Å². The van der Waals surface area contributed by atoms with Gasteiger partial charge in [0.05, 0.1) is 12.7 Å². The summed E-state index contributed by atoms with van der Waals surface area (Å²) >= 11 is 0. The van der Waals surface area contributed by atoms with Crippen LogP contribution in [-0.2, 0) is 9.59 Å². The molecule has 3 fully saturated rings. The summed E-state index contributed by atoms with van der Waals surface area (Å²) in [6.45, 7) is 6.65. The number of carboxylic acid groups (broad SMARTS) is 1. The number of phenolic OH excluding ortho intramolecular Hbond substituents is 1. The van der Waals surface area contributed by atoms with Crippen molar-refractivity contribution in [1.29, 1.82) is 0 Å². The topological polar surface area (TPSA) is 101 Å². The predicted molar refractivity (Wildman–Crippen MR) is 132 cm³/mol. The lowest BCUT2D eigenvalue weighted by Crippen LogP contribution is -2.51. The van der Waals surface area contributed by atoms with E-state index < -0.39 is 5.97 Å². The first-order valence-corrected chi connectivity index (χ1v) is 12.9. The van der Waals surface area contributed by atoms with E-state index in [2.05, 4.69) is 13.8 Å². The molecule has 3 saturated carbocycles. The summed E-state index contributed by atoms with van der Waals surface area (Å²) in [6.07, 6.45) is 10.9. The highest BCUT2D eigenvalue weighted by Crippen LogP contribution is 2.66. The number of benzene rings is 1. The Hall–Kier alpha value is -2.63. The lowest BCUT2D eigenvalue weighted by atomic mass is 9.47. The van der Waals surface area contributed by atoms with Crippen molar-refractivity contribution in [3.8, 4) is 11.5 Å². The highest BCUT2D eigenvalue weighted by Gasteiger charge is 2.59. The average molecular weight is 483 g/mol. The number of aromatic hydroxyl groups is 1. The van der Waals surface area contributed by atoms with Crippen LogP contribution in [0.15, 0.2) is 29.8 Å². The van der Waals surface area contributed by atoms with Crippen LogP contribution < -0.4 is 4.74 Å². The second-order valence-electron chi connectivity index (χ2n) is 11.4. The van der Waals surface area contributed by atoms with E-state index in [9.17, 15) is 14.4 Å². The molecule has 5 rings (SSSR count). The van der Waals surface area contributed by atoms with Gasteiger partial charge in [-0.25, -0.2) is 4.79 Å². The molecule has 0 saturated heterocycles. The van der Waals surface area contributed by atoms with Crippen LogP contribution in [0.5, 0.6) is 11.5 Å². The van der Waals surface area contributed by atoms with Gasteiger partial charge in [-0.2, -0.15) is 0 Å². The maximum atomic E-state index is 12.1. The molecule has 1 aromatic carbocycles. The predicted octanol–water partition coefficient (Wildman–Crippen LogP) is 5.82. The molecule has 1 aromatic rings. The number of aromatic carboxylic acids is 1. The summed E-state index contributed by atoms with van der Waals surface area (Å²) < 4.78 is 4.72. The molecule has 0 unspecified atom stereocenters. The fraction of sp³-hybridized carbons (Fsp3) is 0.621. The number of carbonyl (C=O) groups is 3. The van der Waals surface area contributed by atoms with Crippen molar-refractivity contribution in [1.82, 2.24) is 0 Å². The first-order chi connectivity index (χ1) is 16.5. The fourth-order valence-electron chi connectivity index (χ4n) is 8.04. The molecule has 4 aliphatic rings. The van der Waals surface area contributed by atoms with Gasteiger partial charge in [0.25, 0.3) is 0 Å². The van der Waals surface area contributed by atoms with Gasteiger partial charge in [-0.3, -0.25) is 9.59 Å². The number of phenols is 1. The van der Waals surface area contributed by atoms with Crippen LogP contribution in [0.25, 0.3) is 0 Å². The molecule has 0 bridgehead atoms. The van der Waals surface area contributed by atoms with Crippen molar-refractivity contribution in [2.24, 2.45) is 34.5 Å². The number of carbonyl (C=O) groups excluding carboxylic acids is 2. The van der Waals surface area contributed by atoms with E-state index in [0.717, 1.165) is 43.4 Å². The van der Waals surface area contributed by atoms with E-state index in [1.807, 2.05) is 6.08 Å². The molecule has 0 heterocycles. The van der Waals surface area contributed by atoms with E-state index in [1.165, 1.54) is 56.6 Å². The van der Waals surface area contributed by atoms with Crippen molar-refractivity contribution in [2.45, 2.75) is 72.1 Å². The lowest BCUT2D eigenvalue weighted by Gasteiger charge is -2.58. The molecule has 0 spiro atoms. The second-order valence-corrected chi connectivity index (χ2v) is 11.4. The highest BCUT2D eigenvalue weighted by molar-refractivity contribution is 5.91. The van der Waals surface area contributed by atoms with Crippen LogP contribution in [0.2, 0.25) is 0 Å². The van der Waals surface area contributed by atoms with Crippen molar-refractivity contribution in [3.05, 3.63) is 35.4 Å². The normalized spacial score (nSPS) is 35.4. The fourth-order valence-corrected chi connectivity index (χ4v) is 8.04. The Morgan fingerprint density at radius 3 is 2.43 bits per heavy atom. The van der Waals surface area contributed by atoms with E-state index >= 15 is 0 Å². The molecule has 0 amide bonds. The summed E-state index contributed by atoms with van der Waals surface area (Å²) in [5, 5.41) is 17.7. The number of hydrogen-bond donors (Lipinski definition) is 2. The zero-order valence-electron chi connectivity index (χ0n) is 21.3. The number of Topliss-reactive ketones (excluding diaryl/α,β-unsaturated/α-hetero) is 1. The van der Waals surface area contributed by atoms with Gasteiger partial charge in [0.1, 0.15) is 5.78 Å². The molecule has 190 valence electrons. The number of ketones is 2. The summed E-state index contributed by atoms with van der Waals surface area (Å²) in [4.78, 5) is 34.4. The van der Waals surface area contributed by atoms with Gasteiger partial charge in [-0.1, -0.05) is 19.4 Å². The second kappa shape index (κ2) is 9.44. The van der Waals surface area contributed by atoms with Crippen molar-refractivity contribution >= 4 is 17.5 Å². The first kappa shape index (κ1) is 25.5. The van der Waals surface area contributed by atoms with Gasteiger partial charge < -0.3 is 14.9 Å².